The first kappa shape index (κ1) is 31.8. The third kappa shape index (κ3) is 12.6. The van der Waals surface area contributed by atoms with Gasteiger partial charge >= 0.3 is 17.9 Å². The highest BCUT2D eigenvalue weighted by Crippen LogP contribution is 2.28. The molecule has 11 nitrogen and oxygen atoms in total. The molecule has 0 aromatic carbocycles. The summed E-state index contributed by atoms with van der Waals surface area (Å²) in [6.45, 7) is 5.62. The van der Waals surface area contributed by atoms with Crippen LogP contribution in [-0.2, 0) is 47.6 Å². The van der Waals surface area contributed by atoms with E-state index in [1.54, 1.807) is 0 Å². The zero-order valence-corrected chi connectivity index (χ0v) is 22.2. The van der Waals surface area contributed by atoms with Gasteiger partial charge in [0, 0.05) is 27.4 Å². The maximum atomic E-state index is 12.0. The van der Waals surface area contributed by atoms with Crippen LogP contribution in [0.5, 0.6) is 0 Å². The summed E-state index contributed by atoms with van der Waals surface area (Å²) in [6.07, 6.45) is 4.93. The number of carbonyl (C=O) groups excluding carboxylic acids is 4. The molecule has 36 heavy (non-hydrogen) atoms. The highest BCUT2D eigenvalue weighted by Gasteiger charge is 2.50. The van der Waals surface area contributed by atoms with E-state index in [0.29, 0.717) is 6.61 Å². The monoisotopic (exact) mass is 517 g/mol. The molecule has 0 aliphatic carbocycles. The molecule has 11 heteroatoms. The molecule has 1 heterocycles. The van der Waals surface area contributed by atoms with Crippen molar-refractivity contribution >= 4 is 23.8 Å². The van der Waals surface area contributed by atoms with E-state index in [4.69, 9.17) is 23.7 Å². The van der Waals surface area contributed by atoms with E-state index in [0.717, 1.165) is 19.3 Å². The van der Waals surface area contributed by atoms with Crippen molar-refractivity contribution in [3.8, 4) is 0 Å². The molecule has 208 valence electrons. The van der Waals surface area contributed by atoms with Crippen molar-refractivity contribution in [3.63, 3.8) is 0 Å². The third-order valence-electron chi connectivity index (χ3n) is 5.67. The van der Waals surface area contributed by atoms with Crippen LogP contribution in [0.1, 0.15) is 79.1 Å². The fourth-order valence-electron chi connectivity index (χ4n) is 3.96. The molecule has 0 radical (unpaired) electrons. The second kappa shape index (κ2) is 18.1. The summed E-state index contributed by atoms with van der Waals surface area (Å²) in [7, 11) is 1.21. The van der Waals surface area contributed by atoms with Crippen LogP contribution in [0.4, 0.5) is 0 Å². The van der Waals surface area contributed by atoms with Crippen LogP contribution in [0.25, 0.3) is 0 Å². The zero-order chi connectivity index (χ0) is 26.9. The minimum Gasteiger partial charge on any atom is -0.467 e. The van der Waals surface area contributed by atoms with Gasteiger partial charge in [-0.25, -0.2) is 4.79 Å². The molecule has 1 amide bonds. The second-order valence-electron chi connectivity index (χ2n) is 8.84. The van der Waals surface area contributed by atoms with Gasteiger partial charge in [-0.1, -0.05) is 51.9 Å². The van der Waals surface area contributed by atoms with Gasteiger partial charge in [0.05, 0.1) is 7.11 Å². The topological polar surface area (TPSA) is 136 Å². The molecule has 0 aromatic rings. The summed E-state index contributed by atoms with van der Waals surface area (Å²) in [6, 6.07) is -0.904. The number of methoxy groups -OCH3 is 1. The number of hydrogen-bond donors (Lipinski definition) is 1. The molecule has 1 N–H and O–H groups in total. The normalized spacial score (nSPS) is 23.5. The van der Waals surface area contributed by atoms with E-state index < -0.39 is 61.1 Å². The van der Waals surface area contributed by atoms with Crippen LogP contribution in [-0.4, -0.2) is 81.4 Å². The molecule has 1 fully saturated rings. The number of hydrogen-bond acceptors (Lipinski definition) is 10. The lowest BCUT2D eigenvalue weighted by Crippen LogP contribution is -2.66. The minimum absolute atomic E-state index is 0.240. The SMILES string of the molecule is CCCCCCCCCCO[C@@H]1O[C@H](COC(C)=O)[C@H](OC(C)=O)[C@@H](OCC(=O)OC)[C@@H]1NC(C)=O. The van der Waals surface area contributed by atoms with Crippen LogP contribution >= 0.6 is 0 Å². The van der Waals surface area contributed by atoms with Gasteiger partial charge in [-0.05, 0) is 6.42 Å². The van der Waals surface area contributed by atoms with Gasteiger partial charge in [0.25, 0.3) is 0 Å². The Kier molecular flexibility index (Phi) is 16.0. The van der Waals surface area contributed by atoms with Gasteiger partial charge in [-0.15, -0.1) is 0 Å². The molecule has 1 saturated heterocycles. The van der Waals surface area contributed by atoms with E-state index in [2.05, 4.69) is 17.0 Å². The van der Waals surface area contributed by atoms with Crippen molar-refractivity contribution < 1.29 is 47.6 Å². The molecule has 1 rings (SSSR count). The maximum absolute atomic E-state index is 12.0. The first-order valence-corrected chi connectivity index (χ1v) is 12.7. The molecule has 0 unspecified atom stereocenters. The van der Waals surface area contributed by atoms with Gasteiger partial charge < -0.3 is 33.7 Å². The van der Waals surface area contributed by atoms with Crippen LogP contribution < -0.4 is 5.32 Å². The zero-order valence-electron chi connectivity index (χ0n) is 22.2. The van der Waals surface area contributed by atoms with Gasteiger partial charge in [-0.3, -0.25) is 14.4 Å². The summed E-state index contributed by atoms with van der Waals surface area (Å²) in [5, 5.41) is 2.73. The number of ether oxygens (including phenoxy) is 6. The van der Waals surface area contributed by atoms with Crippen LogP contribution in [0.15, 0.2) is 0 Å². The first-order valence-electron chi connectivity index (χ1n) is 12.7. The fourth-order valence-corrected chi connectivity index (χ4v) is 3.96. The van der Waals surface area contributed by atoms with Crippen molar-refractivity contribution in [1.29, 1.82) is 0 Å². The highest BCUT2D eigenvalue weighted by atomic mass is 16.7. The summed E-state index contributed by atoms with van der Waals surface area (Å²) in [5.74, 6) is -2.23. The van der Waals surface area contributed by atoms with E-state index in [-0.39, 0.29) is 6.61 Å². The predicted molar refractivity (Wildman–Crippen MR) is 129 cm³/mol. The van der Waals surface area contributed by atoms with Crippen LogP contribution in [0, 0.1) is 0 Å². The Morgan fingerprint density at radius 1 is 0.833 bits per heavy atom. The van der Waals surface area contributed by atoms with E-state index in [1.807, 2.05) is 0 Å². The summed E-state index contributed by atoms with van der Waals surface area (Å²) in [5.41, 5.74) is 0. The smallest absolute Gasteiger partial charge is 0.331 e. The Morgan fingerprint density at radius 3 is 2.03 bits per heavy atom. The average molecular weight is 518 g/mol. The number of unbranched alkanes of at least 4 members (excludes halogenated alkanes) is 7. The summed E-state index contributed by atoms with van der Waals surface area (Å²) in [4.78, 5) is 47.1. The standard InChI is InChI=1S/C25H43NO10/c1-6-7-8-9-10-11-12-13-14-32-25-22(26-17(2)27)24(34-16-21(30)31-5)23(35-19(4)29)20(36-25)15-33-18(3)28/h20,22-25H,6-16H2,1-5H3,(H,26,27)/t20-,22+,23+,24+,25-/m1/s1. The molecular weight excluding hydrogens is 474 g/mol. The molecule has 1 aliphatic heterocycles. The fraction of sp³-hybridized carbons (Fsp3) is 0.840. The number of nitrogens with one attached hydrogen (secondary N) is 1. The Morgan fingerprint density at radius 2 is 1.47 bits per heavy atom. The number of amides is 1. The Labute approximate surface area is 213 Å². The number of carbonyl (C=O) groups is 4. The lowest BCUT2D eigenvalue weighted by molar-refractivity contribution is -0.281. The minimum atomic E-state index is -1.09. The largest absolute Gasteiger partial charge is 0.467 e. The van der Waals surface area contributed by atoms with Crippen molar-refractivity contribution in [2.45, 2.75) is 110 Å². The van der Waals surface area contributed by atoms with Gasteiger partial charge in [0.1, 0.15) is 31.5 Å². The van der Waals surface area contributed by atoms with Crippen LogP contribution in [0.2, 0.25) is 0 Å². The molecule has 1 aliphatic rings. The quantitative estimate of drug-likeness (QED) is 0.174. The third-order valence-corrected chi connectivity index (χ3v) is 5.67. The average Bonchev–Trinajstić information content (AvgIpc) is 2.81. The Bertz CT molecular complexity index is 686. The molecular formula is C25H43NO10. The van der Waals surface area contributed by atoms with Crippen molar-refractivity contribution in [3.05, 3.63) is 0 Å². The van der Waals surface area contributed by atoms with E-state index in [1.165, 1.54) is 60.0 Å². The highest BCUT2D eigenvalue weighted by molar-refractivity contribution is 5.73. The maximum Gasteiger partial charge on any atom is 0.331 e. The predicted octanol–water partition coefficient (Wildman–Crippen LogP) is 2.43. The lowest BCUT2D eigenvalue weighted by atomic mass is 9.96. The van der Waals surface area contributed by atoms with Gasteiger partial charge in [0.15, 0.2) is 12.4 Å². The lowest BCUT2D eigenvalue weighted by Gasteiger charge is -2.45. The van der Waals surface area contributed by atoms with Crippen LogP contribution in [0.3, 0.4) is 0 Å². The molecule has 0 spiro atoms. The van der Waals surface area contributed by atoms with Gasteiger partial charge in [-0.2, -0.15) is 0 Å². The van der Waals surface area contributed by atoms with E-state index >= 15 is 0 Å². The van der Waals surface area contributed by atoms with E-state index in [9.17, 15) is 19.2 Å². The van der Waals surface area contributed by atoms with Gasteiger partial charge in [0.2, 0.25) is 5.91 Å². The molecule has 5 atom stereocenters. The second-order valence-corrected chi connectivity index (χ2v) is 8.84. The molecule has 0 saturated carbocycles. The molecule has 0 bridgehead atoms. The summed E-state index contributed by atoms with van der Waals surface area (Å²) >= 11 is 0. The summed E-state index contributed by atoms with van der Waals surface area (Å²) < 4.78 is 32.9. The first-order chi connectivity index (χ1) is 17.2. The molecule has 0 aromatic heterocycles. The van der Waals surface area contributed by atoms with Crippen molar-refractivity contribution in [1.82, 2.24) is 5.32 Å². The van der Waals surface area contributed by atoms with Crippen molar-refractivity contribution in [2.75, 3.05) is 26.9 Å². The number of rotatable bonds is 17. The van der Waals surface area contributed by atoms with Crippen molar-refractivity contribution in [2.24, 2.45) is 0 Å². The number of esters is 3. The Hall–Kier alpha value is -2.24. The Balaban J connectivity index is 2.95.